The third-order valence-electron chi connectivity index (χ3n) is 1.53. The Morgan fingerprint density at radius 3 is 2.46 bits per heavy atom. The number of carbonyl (C=O) groups excluding carboxylic acids is 1. The first-order chi connectivity index (χ1) is 6.02. The molecule has 78 valence electrons. The van der Waals surface area contributed by atoms with Crippen molar-refractivity contribution in [1.29, 1.82) is 0 Å². The van der Waals surface area contributed by atoms with Gasteiger partial charge in [-0.1, -0.05) is 13.3 Å². The topological polar surface area (TPSA) is 80.7 Å². The largest absolute Gasteiger partial charge is 0.343 e. The highest BCUT2D eigenvalue weighted by molar-refractivity contribution is 7.91. The summed E-state index contributed by atoms with van der Waals surface area (Å²) in [4.78, 5) is 13.7. The molecule has 0 aliphatic heterocycles. The van der Waals surface area contributed by atoms with E-state index in [0.29, 0.717) is 6.42 Å². The second-order valence-electron chi connectivity index (χ2n) is 2.72. The third-order valence-corrected chi connectivity index (χ3v) is 3.26. The predicted molar refractivity (Wildman–Crippen MR) is 46.9 cm³/mol. The SMILES string of the molecule is CCCCS(=O)(=O)CCC(=O)OO. The summed E-state index contributed by atoms with van der Waals surface area (Å²) in [7, 11) is -3.16. The van der Waals surface area contributed by atoms with Crippen LogP contribution < -0.4 is 0 Å². The molecule has 0 amide bonds. The van der Waals surface area contributed by atoms with E-state index in [9.17, 15) is 13.2 Å². The normalized spacial score (nSPS) is 11.2. The molecule has 0 spiro atoms. The van der Waals surface area contributed by atoms with E-state index < -0.39 is 15.8 Å². The van der Waals surface area contributed by atoms with Crippen molar-refractivity contribution in [3.63, 3.8) is 0 Å². The first-order valence-electron chi connectivity index (χ1n) is 4.06. The number of hydrogen-bond acceptors (Lipinski definition) is 5. The van der Waals surface area contributed by atoms with Gasteiger partial charge in [0.05, 0.1) is 17.9 Å². The average molecular weight is 210 g/mol. The first kappa shape index (κ1) is 12.4. The maximum Gasteiger partial charge on any atom is 0.343 e. The maximum absolute atomic E-state index is 11.1. The Labute approximate surface area is 77.6 Å². The van der Waals surface area contributed by atoms with Crippen LogP contribution in [0.4, 0.5) is 0 Å². The van der Waals surface area contributed by atoms with Crippen LogP contribution in [0.2, 0.25) is 0 Å². The lowest BCUT2D eigenvalue weighted by Gasteiger charge is -2.00. The second kappa shape index (κ2) is 5.93. The fourth-order valence-electron chi connectivity index (χ4n) is 0.751. The van der Waals surface area contributed by atoms with Crippen LogP contribution in [0.25, 0.3) is 0 Å². The quantitative estimate of drug-likeness (QED) is 0.513. The molecule has 0 fully saturated rings. The number of unbranched alkanes of at least 4 members (excludes halogenated alkanes) is 1. The summed E-state index contributed by atoms with van der Waals surface area (Å²) in [5.41, 5.74) is 0. The van der Waals surface area contributed by atoms with Crippen LogP contribution in [0, 0.1) is 0 Å². The van der Waals surface area contributed by atoms with Gasteiger partial charge in [-0.15, -0.1) is 0 Å². The van der Waals surface area contributed by atoms with Gasteiger partial charge in [0, 0.05) is 0 Å². The predicted octanol–water partition coefficient (Wildman–Crippen LogP) is 0.608. The van der Waals surface area contributed by atoms with Crippen LogP contribution in [-0.4, -0.2) is 31.2 Å². The van der Waals surface area contributed by atoms with Gasteiger partial charge >= 0.3 is 5.97 Å². The number of rotatable bonds is 6. The fraction of sp³-hybridized carbons (Fsp3) is 0.857. The molecule has 0 radical (unpaired) electrons. The zero-order chi connectivity index (χ0) is 10.3. The minimum atomic E-state index is -3.16. The van der Waals surface area contributed by atoms with Gasteiger partial charge in [0.15, 0.2) is 9.84 Å². The van der Waals surface area contributed by atoms with Crippen LogP contribution in [0.15, 0.2) is 0 Å². The molecule has 0 aromatic rings. The molecule has 6 heteroatoms. The molecule has 0 aliphatic carbocycles. The summed E-state index contributed by atoms with van der Waals surface area (Å²) in [5, 5.41) is 7.86. The minimum Gasteiger partial charge on any atom is -0.301 e. The first-order valence-corrected chi connectivity index (χ1v) is 5.88. The van der Waals surface area contributed by atoms with Gasteiger partial charge in [0.25, 0.3) is 0 Å². The van der Waals surface area contributed by atoms with E-state index in [1.165, 1.54) is 0 Å². The molecule has 0 aromatic carbocycles. The molecule has 5 nitrogen and oxygen atoms in total. The monoisotopic (exact) mass is 210 g/mol. The number of sulfone groups is 1. The summed E-state index contributed by atoms with van der Waals surface area (Å²) < 4.78 is 22.2. The maximum atomic E-state index is 11.1. The van der Waals surface area contributed by atoms with E-state index in [-0.39, 0.29) is 17.9 Å². The molecule has 13 heavy (non-hydrogen) atoms. The van der Waals surface area contributed by atoms with Crippen LogP contribution in [0.3, 0.4) is 0 Å². The lowest BCUT2D eigenvalue weighted by atomic mass is 10.4. The fourth-order valence-corrected chi connectivity index (χ4v) is 2.16. The molecule has 0 saturated heterocycles. The summed E-state index contributed by atoms with van der Waals surface area (Å²) in [6.45, 7) is 1.89. The summed E-state index contributed by atoms with van der Waals surface area (Å²) in [6.07, 6.45) is 1.10. The van der Waals surface area contributed by atoms with Crippen LogP contribution in [0.1, 0.15) is 26.2 Å². The van der Waals surface area contributed by atoms with Crippen molar-refractivity contribution >= 4 is 15.8 Å². The van der Waals surface area contributed by atoms with Crippen molar-refractivity contribution in [3.8, 4) is 0 Å². The lowest BCUT2D eigenvalue weighted by molar-refractivity contribution is -0.233. The Morgan fingerprint density at radius 1 is 1.38 bits per heavy atom. The van der Waals surface area contributed by atoms with Crippen LogP contribution in [0.5, 0.6) is 0 Å². The molecule has 0 unspecified atom stereocenters. The molecule has 0 aliphatic rings. The summed E-state index contributed by atoms with van der Waals surface area (Å²) in [6, 6.07) is 0. The highest BCUT2D eigenvalue weighted by atomic mass is 32.2. The van der Waals surface area contributed by atoms with Crippen molar-refractivity contribution in [1.82, 2.24) is 0 Å². The molecular weight excluding hydrogens is 196 g/mol. The van der Waals surface area contributed by atoms with Crippen LogP contribution in [-0.2, 0) is 19.5 Å². The number of hydrogen-bond donors (Lipinski definition) is 1. The van der Waals surface area contributed by atoms with E-state index >= 15 is 0 Å². The molecular formula is C7H14O5S. The Hall–Kier alpha value is -0.620. The Bertz CT molecular complexity index is 244. The Morgan fingerprint density at radius 2 is 2.00 bits per heavy atom. The molecule has 0 bridgehead atoms. The highest BCUT2D eigenvalue weighted by Crippen LogP contribution is 1.99. The van der Waals surface area contributed by atoms with Gasteiger partial charge in [0.1, 0.15) is 0 Å². The number of carbonyl (C=O) groups is 1. The van der Waals surface area contributed by atoms with Gasteiger partial charge in [-0.05, 0) is 6.42 Å². The van der Waals surface area contributed by atoms with Crippen molar-refractivity contribution in [2.75, 3.05) is 11.5 Å². The zero-order valence-electron chi connectivity index (χ0n) is 7.52. The van der Waals surface area contributed by atoms with Crippen molar-refractivity contribution in [2.45, 2.75) is 26.2 Å². The minimum absolute atomic E-state index is 0.0855. The van der Waals surface area contributed by atoms with E-state index in [2.05, 4.69) is 4.89 Å². The third kappa shape index (κ3) is 6.53. The van der Waals surface area contributed by atoms with Gasteiger partial charge in [-0.2, -0.15) is 5.26 Å². The lowest BCUT2D eigenvalue weighted by Crippen LogP contribution is -2.15. The van der Waals surface area contributed by atoms with Crippen molar-refractivity contribution in [3.05, 3.63) is 0 Å². The summed E-state index contributed by atoms with van der Waals surface area (Å²) in [5.74, 6) is -1.09. The van der Waals surface area contributed by atoms with Gasteiger partial charge in [-0.3, -0.25) is 0 Å². The highest BCUT2D eigenvalue weighted by Gasteiger charge is 2.13. The van der Waals surface area contributed by atoms with Gasteiger partial charge in [0.2, 0.25) is 0 Å². The van der Waals surface area contributed by atoms with E-state index in [1.54, 1.807) is 0 Å². The van der Waals surface area contributed by atoms with Crippen molar-refractivity contribution < 1.29 is 23.4 Å². The molecule has 0 heterocycles. The molecule has 0 atom stereocenters. The van der Waals surface area contributed by atoms with Crippen LogP contribution >= 0.6 is 0 Å². The second-order valence-corrected chi connectivity index (χ2v) is 5.02. The average Bonchev–Trinajstić information content (AvgIpc) is 2.11. The molecule has 1 N–H and O–H groups in total. The van der Waals surface area contributed by atoms with Gasteiger partial charge in [-0.25, -0.2) is 13.2 Å². The van der Waals surface area contributed by atoms with Crippen molar-refractivity contribution in [2.24, 2.45) is 0 Å². The van der Waals surface area contributed by atoms with Gasteiger partial charge < -0.3 is 4.89 Å². The summed E-state index contributed by atoms with van der Waals surface area (Å²) >= 11 is 0. The van der Waals surface area contributed by atoms with E-state index in [1.807, 2.05) is 6.92 Å². The molecule has 0 rings (SSSR count). The zero-order valence-corrected chi connectivity index (χ0v) is 8.34. The van der Waals surface area contributed by atoms with E-state index in [4.69, 9.17) is 5.26 Å². The Kier molecular flexibility index (Phi) is 5.65. The Balaban J connectivity index is 3.83. The van der Waals surface area contributed by atoms with E-state index in [0.717, 1.165) is 6.42 Å². The molecule has 0 saturated carbocycles. The standard InChI is InChI=1S/C7H14O5S/c1-2-3-5-13(10,11)6-4-7(8)12-9/h9H,2-6H2,1H3. The smallest absolute Gasteiger partial charge is 0.301 e. The molecule has 0 aromatic heterocycles.